The molecule has 0 fully saturated rings. The molecular formula is C15H16FN3. The third kappa shape index (κ3) is 3.16. The highest BCUT2D eigenvalue weighted by atomic mass is 19.1. The van der Waals surface area contributed by atoms with E-state index in [-0.39, 0.29) is 5.82 Å². The van der Waals surface area contributed by atoms with E-state index >= 15 is 0 Å². The van der Waals surface area contributed by atoms with Crippen LogP contribution < -0.4 is 5.32 Å². The van der Waals surface area contributed by atoms with Crippen molar-refractivity contribution in [2.75, 3.05) is 5.32 Å². The zero-order valence-corrected chi connectivity index (χ0v) is 10.8. The number of aromatic nitrogens is 1. The van der Waals surface area contributed by atoms with Gasteiger partial charge in [-0.3, -0.25) is 0 Å². The van der Waals surface area contributed by atoms with E-state index in [2.05, 4.69) is 10.3 Å². The van der Waals surface area contributed by atoms with Gasteiger partial charge in [0.15, 0.2) is 0 Å². The number of rotatable bonds is 5. The number of benzene rings is 1. The molecule has 1 heterocycles. The first-order chi connectivity index (χ1) is 9.22. The summed E-state index contributed by atoms with van der Waals surface area (Å²) in [5.41, 5.74) is 1.87. The summed E-state index contributed by atoms with van der Waals surface area (Å²) in [6, 6.07) is 10.3. The topological polar surface area (TPSA) is 48.8 Å². The van der Waals surface area contributed by atoms with Crippen molar-refractivity contribution in [3.8, 4) is 0 Å². The van der Waals surface area contributed by atoms with Crippen molar-refractivity contribution >= 4 is 11.5 Å². The van der Waals surface area contributed by atoms with Gasteiger partial charge in [-0.25, -0.2) is 9.37 Å². The Morgan fingerprint density at radius 1 is 1.26 bits per heavy atom. The molecule has 1 aromatic heterocycles. The van der Waals surface area contributed by atoms with Gasteiger partial charge in [0.2, 0.25) is 0 Å². The third-order valence-corrected chi connectivity index (χ3v) is 2.89. The smallest absolute Gasteiger partial charge is 0.135 e. The average Bonchev–Trinajstić information content (AvgIpc) is 2.46. The van der Waals surface area contributed by atoms with E-state index in [9.17, 15) is 4.39 Å². The van der Waals surface area contributed by atoms with Gasteiger partial charge >= 0.3 is 0 Å². The second-order valence-electron chi connectivity index (χ2n) is 4.18. The molecule has 0 atom stereocenters. The van der Waals surface area contributed by atoms with Crippen molar-refractivity contribution in [3.63, 3.8) is 0 Å². The van der Waals surface area contributed by atoms with Crippen molar-refractivity contribution < 1.29 is 4.39 Å². The summed E-state index contributed by atoms with van der Waals surface area (Å²) in [6.45, 7) is 2.28. The SMILES string of the molecule is CCC(=N)c1cccnc1NCc1ccccc1F. The lowest BCUT2D eigenvalue weighted by Gasteiger charge is -2.11. The predicted octanol–water partition coefficient (Wildman–Crippen LogP) is 3.61. The lowest BCUT2D eigenvalue weighted by Crippen LogP contribution is -2.08. The Balaban J connectivity index is 2.16. The molecule has 0 saturated carbocycles. The Bertz CT molecular complexity index is 581. The lowest BCUT2D eigenvalue weighted by atomic mass is 10.1. The van der Waals surface area contributed by atoms with Crippen LogP contribution in [0.5, 0.6) is 0 Å². The highest BCUT2D eigenvalue weighted by Crippen LogP contribution is 2.15. The second-order valence-corrected chi connectivity index (χ2v) is 4.18. The van der Waals surface area contributed by atoms with Gasteiger partial charge in [0.05, 0.1) is 0 Å². The summed E-state index contributed by atoms with van der Waals surface area (Å²) < 4.78 is 13.5. The molecule has 3 nitrogen and oxygen atoms in total. The van der Waals surface area contributed by atoms with Gasteiger partial charge in [-0.2, -0.15) is 0 Å². The highest BCUT2D eigenvalue weighted by Gasteiger charge is 2.08. The van der Waals surface area contributed by atoms with Crippen LogP contribution in [0.25, 0.3) is 0 Å². The van der Waals surface area contributed by atoms with Gasteiger partial charge in [-0.15, -0.1) is 0 Å². The largest absolute Gasteiger partial charge is 0.365 e. The molecular weight excluding hydrogens is 241 g/mol. The third-order valence-electron chi connectivity index (χ3n) is 2.89. The molecule has 0 saturated heterocycles. The van der Waals surface area contributed by atoms with Crippen molar-refractivity contribution in [2.24, 2.45) is 0 Å². The minimum Gasteiger partial charge on any atom is -0.365 e. The summed E-state index contributed by atoms with van der Waals surface area (Å²) in [4.78, 5) is 4.22. The Labute approximate surface area is 112 Å². The lowest BCUT2D eigenvalue weighted by molar-refractivity contribution is 0.613. The summed E-state index contributed by atoms with van der Waals surface area (Å²) in [5, 5.41) is 11.0. The summed E-state index contributed by atoms with van der Waals surface area (Å²) in [7, 11) is 0. The van der Waals surface area contributed by atoms with Crippen LogP contribution in [0.1, 0.15) is 24.5 Å². The normalized spacial score (nSPS) is 10.2. The predicted molar refractivity (Wildman–Crippen MR) is 75.1 cm³/mol. The number of anilines is 1. The molecule has 98 valence electrons. The van der Waals surface area contributed by atoms with Gasteiger partial charge in [-0.05, 0) is 24.6 Å². The van der Waals surface area contributed by atoms with Crippen molar-refractivity contribution in [1.82, 2.24) is 4.98 Å². The quantitative estimate of drug-likeness (QED) is 0.804. The minimum atomic E-state index is -0.238. The van der Waals surface area contributed by atoms with E-state index in [1.54, 1.807) is 30.5 Å². The van der Waals surface area contributed by atoms with E-state index in [1.165, 1.54) is 6.07 Å². The standard InChI is InChI=1S/C15H16FN3/c1-2-14(17)12-7-5-9-18-15(12)19-10-11-6-3-4-8-13(11)16/h3-9,17H,2,10H2,1H3,(H,18,19). The van der Waals surface area contributed by atoms with Gasteiger partial charge in [0.25, 0.3) is 0 Å². The van der Waals surface area contributed by atoms with Gasteiger partial charge < -0.3 is 10.7 Å². The van der Waals surface area contributed by atoms with Gasteiger partial charge in [-0.1, -0.05) is 25.1 Å². The minimum absolute atomic E-state index is 0.238. The summed E-state index contributed by atoms with van der Waals surface area (Å²) in [5.74, 6) is 0.385. The van der Waals surface area contributed by atoms with Crippen molar-refractivity contribution in [2.45, 2.75) is 19.9 Å². The summed E-state index contributed by atoms with van der Waals surface area (Å²) in [6.07, 6.45) is 2.30. The van der Waals surface area contributed by atoms with Crippen LogP contribution >= 0.6 is 0 Å². The van der Waals surface area contributed by atoms with E-state index in [0.717, 1.165) is 5.56 Å². The molecule has 19 heavy (non-hydrogen) atoms. The van der Waals surface area contributed by atoms with E-state index in [1.807, 2.05) is 13.0 Å². The van der Waals surface area contributed by atoms with Gasteiger partial charge in [0.1, 0.15) is 11.6 Å². The van der Waals surface area contributed by atoms with Crippen LogP contribution in [0.15, 0.2) is 42.6 Å². The molecule has 1 aromatic carbocycles. The van der Waals surface area contributed by atoms with Crippen molar-refractivity contribution in [1.29, 1.82) is 5.41 Å². The maximum Gasteiger partial charge on any atom is 0.135 e. The number of hydrogen-bond acceptors (Lipinski definition) is 3. The zero-order chi connectivity index (χ0) is 13.7. The number of hydrogen-bond donors (Lipinski definition) is 2. The molecule has 0 radical (unpaired) electrons. The fourth-order valence-corrected chi connectivity index (χ4v) is 1.80. The first-order valence-electron chi connectivity index (χ1n) is 6.22. The molecule has 0 unspecified atom stereocenters. The Morgan fingerprint density at radius 3 is 2.79 bits per heavy atom. The molecule has 0 bridgehead atoms. The fraction of sp³-hybridized carbons (Fsp3) is 0.200. The molecule has 4 heteroatoms. The maximum atomic E-state index is 13.5. The molecule has 2 aromatic rings. The first kappa shape index (κ1) is 13.2. The Morgan fingerprint density at radius 2 is 2.05 bits per heavy atom. The highest BCUT2D eigenvalue weighted by molar-refractivity contribution is 6.01. The molecule has 0 aliphatic rings. The molecule has 0 aliphatic heterocycles. The maximum absolute atomic E-state index is 13.5. The van der Waals surface area contributed by atoms with Crippen LogP contribution in [0.2, 0.25) is 0 Å². The van der Waals surface area contributed by atoms with Crippen LogP contribution in [-0.2, 0) is 6.54 Å². The second kappa shape index (κ2) is 6.09. The van der Waals surface area contributed by atoms with E-state index in [0.29, 0.717) is 30.1 Å². The number of pyridine rings is 1. The molecule has 0 spiro atoms. The van der Waals surface area contributed by atoms with E-state index in [4.69, 9.17) is 5.41 Å². The monoisotopic (exact) mass is 257 g/mol. The fourth-order valence-electron chi connectivity index (χ4n) is 1.80. The Hall–Kier alpha value is -2.23. The molecule has 0 aliphatic carbocycles. The van der Waals surface area contributed by atoms with Crippen LogP contribution in [0, 0.1) is 11.2 Å². The van der Waals surface area contributed by atoms with E-state index < -0.39 is 0 Å². The van der Waals surface area contributed by atoms with Crippen molar-refractivity contribution in [3.05, 3.63) is 59.5 Å². The van der Waals surface area contributed by atoms with Crippen LogP contribution in [0.4, 0.5) is 10.2 Å². The van der Waals surface area contributed by atoms with Crippen LogP contribution in [-0.4, -0.2) is 10.7 Å². The number of nitrogens with one attached hydrogen (secondary N) is 2. The molecule has 0 amide bonds. The average molecular weight is 257 g/mol. The summed E-state index contributed by atoms with van der Waals surface area (Å²) >= 11 is 0. The van der Waals surface area contributed by atoms with Gasteiger partial charge in [0, 0.05) is 29.6 Å². The number of halogens is 1. The number of nitrogens with zero attached hydrogens (tertiary/aromatic N) is 1. The molecule has 2 rings (SSSR count). The first-order valence-corrected chi connectivity index (χ1v) is 6.22. The zero-order valence-electron chi connectivity index (χ0n) is 10.8. The van der Waals surface area contributed by atoms with Crippen LogP contribution in [0.3, 0.4) is 0 Å². The Kier molecular flexibility index (Phi) is 4.23. The molecule has 2 N–H and O–H groups in total.